The van der Waals surface area contributed by atoms with E-state index in [4.69, 9.17) is 9.47 Å². The number of para-hydroxylation sites is 4. The van der Waals surface area contributed by atoms with Gasteiger partial charge in [-0.05, 0) is 69.5 Å². The van der Waals surface area contributed by atoms with E-state index in [0.717, 1.165) is 11.1 Å². The summed E-state index contributed by atoms with van der Waals surface area (Å²) in [6.07, 6.45) is 3.19. The van der Waals surface area contributed by atoms with Crippen molar-refractivity contribution in [2.75, 3.05) is 14.2 Å². The van der Waals surface area contributed by atoms with Gasteiger partial charge < -0.3 is 19.7 Å². The van der Waals surface area contributed by atoms with Crippen molar-refractivity contribution in [2.45, 2.75) is 52.4 Å². The molecular formula is C36H38Br2N2NiO4. The molecule has 0 aromatic heterocycles. The molecule has 0 saturated heterocycles. The predicted octanol–water partition coefficient (Wildman–Crippen LogP) is 9.16. The largest absolute Gasteiger partial charge is 2.00 e. The van der Waals surface area contributed by atoms with Crippen LogP contribution in [0.5, 0.6) is 23.0 Å². The summed E-state index contributed by atoms with van der Waals surface area (Å²) in [5.41, 5.74) is 4.60. The monoisotopic (exact) mass is 778 g/mol. The zero-order chi connectivity index (χ0) is 32.7. The first-order chi connectivity index (χ1) is 20.6. The molecule has 0 radical (unpaired) electrons. The van der Waals surface area contributed by atoms with Crippen LogP contribution in [-0.4, -0.2) is 26.6 Å². The zero-order valence-electron chi connectivity index (χ0n) is 26.7. The summed E-state index contributed by atoms with van der Waals surface area (Å²) in [5.74, 6) is 1.23. The molecule has 0 fully saturated rings. The molecule has 45 heavy (non-hydrogen) atoms. The Morgan fingerprint density at radius 3 is 1.24 bits per heavy atom. The van der Waals surface area contributed by atoms with Crippen LogP contribution in [0.15, 0.2) is 91.7 Å². The van der Waals surface area contributed by atoms with Crippen LogP contribution in [0.2, 0.25) is 0 Å². The number of aliphatic imine (C=N–C) groups is 2. The van der Waals surface area contributed by atoms with Gasteiger partial charge in [0.1, 0.15) is 22.9 Å². The molecule has 0 aliphatic rings. The van der Waals surface area contributed by atoms with Gasteiger partial charge in [-0.1, -0.05) is 121 Å². The molecule has 4 aromatic rings. The van der Waals surface area contributed by atoms with Crippen molar-refractivity contribution in [3.8, 4) is 23.0 Å². The number of hydrogen-bond donors (Lipinski definition) is 0. The maximum absolute atomic E-state index is 12.3. The first-order valence-electron chi connectivity index (χ1n) is 14.0. The van der Waals surface area contributed by atoms with Crippen LogP contribution in [0.1, 0.15) is 63.8 Å². The van der Waals surface area contributed by atoms with Crippen molar-refractivity contribution >= 4 is 55.7 Å². The van der Waals surface area contributed by atoms with Gasteiger partial charge in [-0.3, -0.25) is 9.98 Å². The van der Waals surface area contributed by atoms with E-state index in [1.165, 1.54) is 0 Å². The molecule has 9 heteroatoms. The maximum Gasteiger partial charge on any atom is 2.00 e. The Labute approximate surface area is 293 Å². The molecule has 0 bridgehead atoms. The molecule has 0 aliphatic heterocycles. The summed E-state index contributed by atoms with van der Waals surface area (Å²) in [4.78, 5) is 8.80. The summed E-state index contributed by atoms with van der Waals surface area (Å²) in [6, 6.07) is 22.5. The summed E-state index contributed by atoms with van der Waals surface area (Å²) < 4.78 is 11.6. The number of hydrogen-bond acceptors (Lipinski definition) is 6. The minimum atomic E-state index is -0.0633. The van der Waals surface area contributed by atoms with Crippen molar-refractivity contribution in [3.05, 3.63) is 104 Å². The smallest absolute Gasteiger partial charge is 0.871 e. The van der Waals surface area contributed by atoms with E-state index >= 15 is 0 Å². The molecule has 0 heterocycles. The van der Waals surface area contributed by atoms with Crippen molar-refractivity contribution in [3.63, 3.8) is 0 Å². The maximum atomic E-state index is 12.3. The normalized spacial score (nSPS) is 11.6. The second-order valence-electron chi connectivity index (χ2n) is 12.1. The summed E-state index contributed by atoms with van der Waals surface area (Å²) in [7, 11) is 3.20. The molecule has 240 valence electrons. The van der Waals surface area contributed by atoms with Crippen LogP contribution in [-0.2, 0) is 27.3 Å². The molecule has 0 aliphatic carbocycles. The van der Waals surface area contributed by atoms with Gasteiger partial charge in [0.25, 0.3) is 0 Å². The number of methoxy groups -OCH3 is 2. The zero-order valence-corrected chi connectivity index (χ0v) is 30.8. The van der Waals surface area contributed by atoms with Gasteiger partial charge in [-0.15, -0.1) is 0 Å². The number of ether oxygens (including phenoxy) is 2. The first-order valence-corrected chi connectivity index (χ1v) is 15.6. The summed E-state index contributed by atoms with van der Waals surface area (Å²) in [6.45, 7) is 12.7. The van der Waals surface area contributed by atoms with Gasteiger partial charge in [-0.25, -0.2) is 0 Å². The van der Waals surface area contributed by atoms with E-state index in [2.05, 4.69) is 83.4 Å². The predicted molar refractivity (Wildman–Crippen MR) is 185 cm³/mol. The molecule has 0 spiro atoms. The molecule has 0 N–H and O–H groups in total. The minimum absolute atomic E-state index is 0. The second-order valence-corrected chi connectivity index (χ2v) is 13.8. The Hall–Kier alpha value is -3.13. The van der Waals surface area contributed by atoms with Gasteiger partial charge >= 0.3 is 16.5 Å². The first kappa shape index (κ1) is 38.1. The van der Waals surface area contributed by atoms with E-state index in [1.807, 2.05) is 72.8 Å². The summed E-state index contributed by atoms with van der Waals surface area (Å²) in [5, 5.41) is 24.5. The minimum Gasteiger partial charge on any atom is -0.871 e. The molecule has 0 amide bonds. The molecule has 6 nitrogen and oxygen atoms in total. The molecule has 0 atom stereocenters. The summed E-state index contributed by atoms with van der Waals surface area (Å²) >= 11 is 6.69. The number of rotatable bonds is 6. The molecule has 0 saturated carbocycles. The van der Waals surface area contributed by atoms with Crippen LogP contribution < -0.4 is 19.7 Å². The van der Waals surface area contributed by atoms with Crippen LogP contribution in [0, 0.1) is 0 Å². The Bertz CT molecular complexity index is 1540. The Morgan fingerprint density at radius 2 is 0.933 bits per heavy atom. The SMILES string of the molecule is COc1ccccc1N=Cc1cc(C(C)(C)C)cc(Br)c1[O-].COc1ccccc1N=Cc1cc(C(C)(C)C)cc(Br)c1[O-].[Ni+2]. The topological polar surface area (TPSA) is 89.3 Å². The quantitative estimate of drug-likeness (QED) is 0.144. The third-order valence-corrected chi connectivity index (χ3v) is 7.91. The fourth-order valence-corrected chi connectivity index (χ4v) is 4.99. The van der Waals surface area contributed by atoms with Gasteiger partial charge in [0, 0.05) is 21.4 Å². The van der Waals surface area contributed by atoms with Crippen molar-refractivity contribution in [1.82, 2.24) is 0 Å². The standard InChI is InChI=1S/2C18H20BrNO2.Ni/c2*1-18(2,3)13-9-12(17(21)14(19)10-13)11-20-15-7-5-6-8-16(15)22-4;/h2*5-11,21H,1-4H3;/q;;+2/p-2. The fraction of sp³-hybridized carbons (Fsp3) is 0.278. The Balaban J connectivity index is 0.000000307. The molecule has 4 aromatic carbocycles. The van der Waals surface area contributed by atoms with Gasteiger partial charge in [0.2, 0.25) is 0 Å². The average Bonchev–Trinajstić information content (AvgIpc) is 2.98. The van der Waals surface area contributed by atoms with E-state index in [1.54, 1.807) is 26.6 Å². The van der Waals surface area contributed by atoms with E-state index in [-0.39, 0.29) is 38.8 Å². The number of nitrogens with zero attached hydrogens (tertiary/aromatic N) is 2. The van der Waals surface area contributed by atoms with E-state index < -0.39 is 0 Å². The van der Waals surface area contributed by atoms with Gasteiger partial charge in [-0.2, -0.15) is 0 Å². The molecular weight excluding hydrogens is 743 g/mol. The fourth-order valence-electron chi connectivity index (χ4n) is 4.04. The van der Waals surface area contributed by atoms with Crippen molar-refractivity contribution in [1.29, 1.82) is 0 Å². The third-order valence-electron chi connectivity index (χ3n) is 6.73. The van der Waals surface area contributed by atoms with Gasteiger partial charge in [0.05, 0.1) is 14.2 Å². The van der Waals surface area contributed by atoms with E-state index in [0.29, 0.717) is 42.9 Å². The van der Waals surface area contributed by atoms with Gasteiger partial charge in [0.15, 0.2) is 0 Å². The van der Waals surface area contributed by atoms with Crippen LogP contribution in [0.25, 0.3) is 0 Å². The van der Waals surface area contributed by atoms with E-state index in [9.17, 15) is 10.2 Å². The van der Waals surface area contributed by atoms with Crippen molar-refractivity contribution in [2.24, 2.45) is 9.98 Å². The Morgan fingerprint density at radius 1 is 0.600 bits per heavy atom. The third kappa shape index (κ3) is 10.5. The Kier molecular flexibility index (Phi) is 13.9. The average molecular weight is 781 g/mol. The van der Waals surface area contributed by atoms with Crippen LogP contribution in [0.4, 0.5) is 11.4 Å². The van der Waals surface area contributed by atoms with Crippen LogP contribution >= 0.6 is 31.9 Å². The second kappa shape index (κ2) is 16.4. The molecule has 4 rings (SSSR count). The molecule has 0 unspecified atom stereocenters. The van der Waals surface area contributed by atoms with Crippen molar-refractivity contribution < 1.29 is 36.2 Å². The number of benzene rings is 4. The van der Waals surface area contributed by atoms with Crippen LogP contribution in [0.3, 0.4) is 0 Å². The number of halogens is 2.